The van der Waals surface area contributed by atoms with Gasteiger partial charge in [-0.2, -0.15) is 0 Å². The minimum absolute atomic E-state index is 0.765. The molecule has 2 rings (SSSR count). The molecule has 2 N–H and O–H groups in total. The van der Waals surface area contributed by atoms with Gasteiger partial charge in [0.15, 0.2) is 0 Å². The second kappa shape index (κ2) is 3.09. The summed E-state index contributed by atoms with van der Waals surface area (Å²) >= 11 is 0. The van der Waals surface area contributed by atoms with Crippen molar-refractivity contribution in [1.29, 1.82) is 0 Å². The Bertz CT molecular complexity index is 417. The fourth-order valence-corrected chi connectivity index (χ4v) is 1.43. The molecule has 68 valence electrons. The van der Waals surface area contributed by atoms with Gasteiger partial charge in [-0.25, -0.2) is 4.98 Å². The van der Waals surface area contributed by atoms with Crippen LogP contribution in [0.15, 0.2) is 24.5 Å². The fraction of sp³-hybridized carbons (Fsp3) is 0.300. The molecule has 0 radical (unpaired) electrons. The highest BCUT2D eigenvalue weighted by molar-refractivity contribution is 5.52. The van der Waals surface area contributed by atoms with Gasteiger partial charge in [-0.1, -0.05) is 13.3 Å². The molecule has 0 aliphatic carbocycles. The van der Waals surface area contributed by atoms with Crippen molar-refractivity contribution < 1.29 is 0 Å². The van der Waals surface area contributed by atoms with Crippen molar-refractivity contribution >= 4 is 11.3 Å². The standard InChI is InChI=1S/C10H13N3/c1-2-3-9-7-13-5-4-8(11)6-10(13)12-9/h4-7H,2-3,11H2,1H3. The van der Waals surface area contributed by atoms with Crippen molar-refractivity contribution in [1.82, 2.24) is 9.38 Å². The first-order valence-corrected chi connectivity index (χ1v) is 4.52. The van der Waals surface area contributed by atoms with Crippen molar-refractivity contribution in [2.75, 3.05) is 5.73 Å². The average Bonchev–Trinajstić information content (AvgIpc) is 2.46. The lowest BCUT2D eigenvalue weighted by Crippen LogP contribution is -1.87. The quantitative estimate of drug-likeness (QED) is 0.757. The zero-order valence-electron chi connectivity index (χ0n) is 7.70. The lowest BCUT2D eigenvalue weighted by molar-refractivity contribution is 0.894. The molecule has 0 unspecified atom stereocenters. The molecule has 3 nitrogen and oxygen atoms in total. The van der Waals surface area contributed by atoms with Crippen LogP contribution in [0.25, 0.3) is 5.65 Å². The lowest BCUT2D eigenvalue weighted by Gasteiger charge is -1.92. The molecule has 0 atom stereocenters. The van der Waals surface area contributed by atoms with Crippen LogP contribution in [0, 0.1) is 0 Å². The van der Waals surface area contributed by atoms with Crippen molar-refractivity contribution in [3.63, 3.8) is 0 Å². The Morgan fingerprint density at radius 1 is 1.54 bits per heavy atom. The molecule has 0 aromatic carbocycles. The molecule has 3 heteroatoms. The van der Waals surface area contributed by atoms with Crippen molar-refractivity contribution in [3.05, 3.63) is 30.2 Å². The summed E-state index contributed by atoms with van der Waals surface area (Å²) in [5.41, 5.74) is 8.48. The van der Waals surface area contributed by atoms with Crippen LogP contribution in [0.5, 0.6) is 0 Å². The molecule has 0 amide bonds. The van der Waals surface area contributed by atoms with Crippen LogP contribution >= 0.6 is 0 Å². The average molecular weight is 175 g/mol. The van der Waals surface area contributed by atoms with E-state index in [1.165, 1.54) is 0 Å². The molecule has 2 aromatic rings. The van der Waals surface area contributed by atoms with Gasteiger partial charge in [0.2, 0.25) is 0 Å². The molecule has 0 saturated carbocycles. The van der Waals surface area contributed by atoms with Gasteiger partial charge in [0.1, 0.15) is 5.65 Å². The Kier molecular flexibility index (Phi) is 1.93. The fourth-order valence-electron chi connectivity index (χ4n) is 1.43. The minimum atomic E-state index is 0.765. The second-order valence-electron chi connectivity index (χ2n) is 3.21. The SMILES string of the molecule is CCCc1cn2ccc(N)cc2n1. The van der Waals surface area contributed by atoms with Gasteiger partial charge >= 0.3 is 0 Å². The zero-order valence-corrected chi connectivity index (χ0v) is 7.70. The van der Waals surface area contributed by atoms with E-state index in [0.717, 1.165) is 29.9 Å². The Morgan fingerprint density at radius 2 is 2.38 bits per heavy atom. The van der Waals surface area contributed by atoms with Crippen LogP contribution in [0.2, 0.25) is 0 Å². The lowest BCUT2D eigenvalue weighted by atomic mass is 10.3. The number of nitrogens with two attached hydrogens (primary N) is 1. The van der Waals surface area contributed by atoms with Crippen LogP contribution in [0.3, 0.4) is 0 Å². The number of pyridine rings is 1. The summed E-state index contributed by atoms with van der Waals surface area (Å²) in [6.45, 7) is 2.15. The predicted octanol–water partition coefficient (Wildman–Crippen LogP) is 1.87. The third-order valence-electron chi connectivity index (χ3n) is 2.04. The van der Waals surface area contributed by atoms with Gasteiger partial charge in [0.25, 0.3) is 0 Å². The van der Waals surface area contributed by atoms with Crippen LogP contribution in [-0.4, -0.2) is 9.38 Å². The van der Waals surface area contributed by atoms with E-state index in [9.17, 15) is 0 Å². The number of rotatable bonds is 2. The highest BCUT2D eigenvalue weighted by atomic mass is 15.0. The Labute approximate surface area is 77.2 Å². The molecular weight excluding hydrogens is 162 g/mol. The number of imidazole rings is 1. The van der Waals surface area contributed by atoms with E-state index in [1.54, 1.807) is 0 Å². The summed E-state index contributed by atoms with van der Waals surface area (Å²) < 4.78 is 2.00. The summed E-state index contributed by atoms with van der Waals surface area (Å²) in [7, 11) is 0. The number of aromatic nitrogens is 2. The van der Waals surface area contributed by atoms with Crippen molar-refractivity contribution in [2.45, 2.75) is 19.8 Å². The first kappa shape index (κ1) is 8.10. The topological polar surface area (TPSA) is 43.3 Å². The van der Waals surface area contributed by atoms with E-state index in [0.29, 0.717) is 0 Å². The van der Waals surface area contributed by atoms with Crippen LogP contribution in [0.1, 0.15) is 19.0 Å². The van der Waals surface area contributed by atoms with E-state index in [-0.39, 0.29) is 0 Å². The molecule has 13 heavy (non-hydrogen) atoms. The minimum Gasteiger partial charge on any atom is -0.399 e. The molecule has 0 aliphatic rings. The zero-order chi connectivity index (χ0) is 9.26. The third-order valence-corrected chi connectivity index (χ3v) is 2.04. The number of aryl methyl sites for hydroxylation is 1. The predicted molar refractivity (Wildman–Crippen MR) is 53.6 cm³/mol. The molecule has 0 aliphatic heterocycles. The van der Waals surface area contributed by atoms with Gasteiger partial charge < -0.3 is 10.1 Å². The maximum absolute atomic E-state index is 5.65. The number of nitrogens with zero attached hydrogens (tertiary/aromatic N) is 2. The molecule has 0 spiro atoms. The largest absolute Gasteiger partial charge is 0.399 e. The van der Waals surface area contributed by atoms with E-state index >= 15 is 0 Å². The highest BCUT2D eigenvalue weighted by Gasteiger charge is 1.99. The number of hydrogen-bond donors (Lipinski definition) is 1. The monoisotopic (exact) mass is 175 g/mol. The summed E-state index contributed by atoms with van der Waals surface area (Å²) in [5.74, 6) is 0. The van der Waals surface area contributed by atoms with Gasteiger partial charge in [-0.3, -0.25) is 0 Å². The summed E-state index contributed by atoms with van der Waals surface area (Å²) in [5, 5.41) is 0. The van der Waals surface area contributed by atoms with E-state index in [2.05, 4.69) is 18.1 Å². The van der Waals surface area contributed by atoms with Gasteiger partial charge in [0.05, 0.1) is 5.69 Å². The summed E-state index contributed by atoms with van der Waals surface area (Å²) in [6.07, 6.45) is 6.15. The van der Waals surface area contributed by atoms with E-state index in [4.69, 9.17) is 5.73 Å². The van der Waals surface area contributed by atoms with Crippen LogP contribution in [-0.2, 0) is 6.42 Å². The van der Waals surface area contributed by atoms with E-state index < -0.39 is 0 Å². The third kappa shape index (κ3) is 1.49. The van der Waals surface area contributed by atoms with Gasteiger partial charge in [0, 0.05) is 24.1 Å². The van der Waals surface area contributed by atoms with E-state index in [1.807, 2.05) is 22.7 Å². The Hall–Kier alpha value is -1.51. The summed E-state index contributed by atoms with van der Waals surface area (Å²) in [6, 6.07) is 3.77. The van der Waals surface area contributed by atoms with Crippen LogP contribution in [0.4, 0.5) is 5.69 Å². The first-order valence-electron chi connectivity index (χ1n) is 4.52. The first-order chi connectivity index (χ1) is 6.29. The number of anilines is 1. The molecule has 0 fully saturated rings. The Morgan fingerprint density at radius 3 is 3.15 bits per heavy atom. The van der Waals surface area contributed by atoms with Gasteiger partial charge in [-0.15, -0.1) is 0 Å². The maximum Gasteiger partial charge on any atom is 0.139 e. The summed E-state index contributed by atoms with van der Waals surface area (Å²) in [4.78, 5) is 4.45. The number of fused-ring (bicyclic) bond motifs is 1. The molecule has 2 aromatic heterocycles. The number of hydrogen-bond acceptors (Lipinski definition) is 2. The van der Waals surface area contributed by atoms with Crippen molar-refractivity contribution in [3.8, 4) is 0 Å². The van der Waals surface area contributed by atoms with Crippen molar-refractivity contribution in [2.24, 2.45) is 0 Å². The normalized spacial score (nSPS) is 10.8. The molecular formula is C10H13N3. The maximum atomic E-state index is 5.65. The van der Waals surface area contributed by atoms with Crippen LogP contribution < -0.4 is 5.73 Å². The molecule has 0 saturated heterocycles. The van der Waals surface area contributed by atoms with Gasteiger partial charge in [-0.05, 0) is 12.5 Å². The molecule has 2 heterocycles. The molecule has 0 bridgehead atoms. The smallest absolute Gasteiger partial charge is 0.139 e. The number of nitrogen functional groups attached to an aromatic ring is 1. The highest BCUT2D eigenvalue weighted by Crippen LogP contribution is 2.10. The second-order valence-corrected chi connectivity index (χ2v) is 3.21. The Balaban J connectivity index is 2.49.